The second-order valence-corrected chi connectivity index (χ2v) is 3.85. The Balaban J connectivity index is 2.17. The van der Waals surface area contributed by atoms with Gasteiger partial charge in [0.25, 0.3) is 0 Å². The van der Waals surface area contributed by atoms with Crippen LogP contribution in [0.4, 0.5) is 4.79 Å². The molecule has 0 aliphatic carbocycles. The fraction of sp³-hybridized carbons (Fsp3) is 0.455. The molecular formula is C11H16N4O3. The third kappa shape index (κ3) is 5.24. The maximum atomic E-state index is 11.3. The van der Waals surface area contributed by atoms with Crippen molar-refractivity contribution in [2.24, 2.45) is 5.92 Å². The largest absolute Gasteiger partial charge is 0.481 e. The molecule has 2 amide bonds. The molecule has 1 aromatic heterocycles. The van der Waals surface area contributed by atoms with Gasteiger partial charge in [-0.2, -0.15) is 10.2 Å². The molecule has 1 unspecified atom stereocenters. The molecule has 0 saturated heterocycles. The second kappa shape index (κ2) is 7.21. The van der Waals surface area contributed by atoms with Crippen LogP contribution in [0.1, 0.15) is 19.0 Å². The molecule has 0 aliphatic heterocycles. The number of nitrogens with zero attached hydrogens (tertiary/aromatic N) is 2. The van der Waals surface area contributed by atoms with E-state index in [0.717, 1.165) is 0 Å². The summed E-state index contributed by atoms with van der Waals surface area (Å²) in [5, 5.41) is 21.3. The van der Waals surface area contributed by atoms with Gasteiger partial charge in [-0.25, -0.2) is 4.79 Å². The van der Waals surface area contributed by atoms with Gasteiger partial charge in [-0.3, -0.25) is 4.79 Å². The number of amides is 2. The molecule has 1 atom stereocenters. The van der Waals surface area contributed by atoms with Gasteiger partial charge in [0.1, 0.15) is 0 Å². The van der Waals surface area contributed by atoms with E-state index >= 15 is 0 Å². The van der Waals surface area contributed by atoms with Crippen molar-refractivity contribution in [2.75, 3.05) is 6.54 Å². The van der Waals surface area contributed by atoms with Gasteiger partial charge in [0, 0.05) is 12.7 Å². The topological polar surface area (TPSA) is 104 Å². The summed E-state index contributed by atoms with van der Waals surface area (Å²) in [7, 11) is 0. The third-order valence-electron chi connectivity index (χ3n) is 2.34. The fourth-order valence-electron chi connectivity index (χ4n) is 1.19. The summed E-state index contributed by atoms with van der Waals surface area (Å²) in [6.07, 6.45) is 1.95. The zero-order chi connectivity index (χ0) is 13.4. The van der Waals surface area contributed by atoms with Crippen molar-refractivity contribution in [3.63, 3.8) is 0 Å². The van der Waals surface area contributed by atoms with Crippen molar-refractivity contribution in [2.45, 2.75) is 19.9 Å². The minimum atomic E-state index is -0.864. The minimum absolute atomic E-state index is 0.286. The van der Waals surface area contributed by atoms with Crippen molar-refractivity contribution >= 4 is 12.0 Å². The number of rotatable bonds is 6. The lowest BCUT2D eigenvalue weighted by Crippen LogP contribution is -2.36. The molecule has 0 fully saturated rings. The Hall–Kier alpha value is -2.18. The minimum Gasteiger partial charge on any atom is -0.481 e. The van der Waals surface area contributed by atoms with E-state index in [9.17, 15) is 9.59 Å². The lowest BCUT2D eigenvalue weighted by molar-refractivity contribution is -0.141. The van der Waals surface area contributed by atoms with Crippen molar-refractivity contribution in [3.8, 4) is 0 Å². The molecule has 3 N–H and O–H groups in total. The molecule has 0 aromatic carbocycles. The highest BCUT2D eigenvalue weighted by atomic mass is 16.4. The van der Waals surface area contributed by atoms with Gasteiger partial charge in [0.2, 0.25) is 0 Å². The summed E-state index contributed by atoms with van der Waals surface area (Å²) in [5.41, 5.74) is 0.659. The van der Waals surface area contributed by atoms with Crippen LogP contribution < -0.4 is 10.6 Å². The number of hydrogen-bond donors (Lipinski definition) is 3. The molecule has 7 nitrogen and oxygen atoms in total. The van der Waals surface area contributed by atoms with Gasteiger partial charge in [0.15, 0.2) is 0 Å². The van der Waals surface area contributed by atoms with E-state index in [2.05, 4.69) is 20.8 Å². The summed E-state index contributed by atoms with van der Waals surface area (Å²) in [5.74, 6) is -1.33. The molecule has 0 radical (unpaired) electrons. The van der Waals surface area contributed by atoms with E-state index in [0.29, 0.717) is 18.7 Å². The Labute approximate surface area is 105 Å². The number of carbonyl (C=O) groups excluding carboxylic acids is 1. The fourth-order valence-corrected chi connectivity index (χ4v) is 1.19. The lowest BCUT2D eigenvalue weighted by Gasteiger charge is -2.08. The molecular weight excluding hydrogens is 236 g/mol. The first kappa shape index (κ1) is 13.9. The molecule has 98 valence electrons. The highest BCUT2D eigenvalue weighted by Crippen LogP contribution is 1.99. The zero-order valence-electron chi connectivity index (χ0n) is 10.1. The number of urea groups is 1. The number of carbonyl (C=O) groups is 2. The zero-order valence-corrected chi connectivity index (χ0v) is 10.1. The molecule has 0 saturated carbocycles. The summed E-state index contributed by atoms with van der Waals surface area (Å²) >= 11 is 0. The Bertz CT molecular complexity index is 397. The van der Waals surface area contributed by atoms with E-state index in [1.165, 1.54) is 0 Å². The van der Waals surface area contributed by atoms with E-state index in [-0.39, 0.29) is 12.6 Å². The number of carboxylic acids is 1. The monoisotopic (exact) mass is 252 g/mol. The van der Waals surface area contributed by atoms with E-state index in [1.807, 2.05) is 0 Å². The summed E-state index contributed by atoms with van der Waals surface area (Å²) < 4.78 is 0. The van der Waals surface area contributed by atoms with Gasteiger partial charge in [0.05, 0.1) is 18.2 Å². The smallest absolute Gasteiger partial charge is 0.315 e. The Kier molecular flexibility index (Phi) is 5.56. The molecule has 1 heterocycles. The number of nitrogens with one attached hydrogen (secondary N) is 2. The normalized spacial score (nSPS) is 11.6. The number of carboxylic acid groups (broad SMARTS) is 1. The van der Waals surface area contributed by atoms with Crippen LogP contribution in [0.25, 0.3) is 0 Å². The molecule has 0 aliphatic rings. The predicted molar refractivity (Wildman–Crippen MR) is 63.7 cm³/mol. The number of aromatic nitrogens is 2. The Morgan fingerprint density at radius 2 is 2.22 bits per heavy atom. The van der Waals surface area contributed by atoms with Gasteiger partial charge in [-0.15, -0.1) is 0 Å². The first-order chi connectivity index (χ1) is 8.59. The van der Waals surface area contributed by atoms with E-state index < -0.39 is 11.9 Å². The van der Waals surface area contributed by atoms with Gasteiger partial charge in [-0.1, -0.05) is 6.92 Å². The SMILES string of the molecule is CC(CCNC(=O)NCc1cccnn1)C(=O)O. The molecule has 18 heavy (non-hydrogen) atoms. The van der Waals surface area contributed by atoms with Gasteiger partial charge < -0.3 is 15.7 Å². The van der Waals surface area contributed by atoms with Gasteiger partial charge in [-0.05, 0) is 18.6 Å². The first-order valence-corrected chi connectivity index (χ1v) is 5.60. The standard InChI is InChI=1S/C11H16N4O3/c1-8(10(16)17)4-6-12-11(18)13-7-9-3-2-5-14-15-9/h2-3,5,8H,4,6-7H2,1H3,(H,16,17)(H2,12,13,18). The molecule has 0 spiro atoms. The van der Waals surface area contributed by atoms with E-state index in [1.54, 1.807) is 25.3 Å². The van der Waals surface area contributed by atoms with Crippen LogP contribution in [0.5, 0.6) is 0 Å². The summed E-state index contributed by atoms with van der Waals surface area (Å²) in [4.78, 5) is 21.9. The predicted octanol–water partition coefficient (Wildman–Crippen LogP) is 0.387. The summed E-state index contributed by atoms with van der Waals surface area (Å²) in [6, 6.07) is 3.13. The third-order valence-corrected chi connectivity index (χ3v) is 2.34. The molecule has 7 heteroatoms. The first-order valence-electron chi connectivity index (χ1n) is 5.60. The van der Waals surface area contributed by atoms with Crippen molar-refractivity contribution in [1.29, 1.82) is 0 Å². The lowest BCUT2D eigenvalue weighted by atomic mass is 10.1. The number of aliphatic carboxylic acids is 1. The molecule has 1 aromatic rings. The van der Waals surface area contributed by atoms with Crippen LogP contribution in [-0.4, -0.2) is 33.8 Å². The highest BCUT2D eigenvalue weighted by Gasteiger charge is 2.10. The van der Waals surface area contributed by atoms with Gasteiger partial charge >= 0.3 is 12.0 Å². The Morgan fingerprint density at radius 1 is 1.44 bits per heavy atom. The van der Waals surface area contributed by atoms with Crippen molar-refractivity contribution in [3.05, 3.63) is 24.0 Å². The maximum Gasteiger partial charge on any atom is 0.315 e. The van der Waals surface area contributed by atoms with Crippen molar-refractivity contribution in [1.82, 2.24) is 20.8 Å². The highest BCUT2D eigenvalue weighted by molar-refractivity contribution is 5.74. The van der Waals surface area contributed by atoms with E-state index in [4.69, 9.17) is 5.11 Å². The summed E-state index contributed by atoms with van der Waals surface area (Å²) in [6.45, 7) is 2.20. The van der Waals surface area contributed by atoms with Crippen LogP contribution in [0.2, 0.25) is 0 Å². The van der Waals surface area contributed by atoms with Crippen molar-refractivity contribution < 1.29 is 14.7 Å². The average molecular weight is 252 g/mol. The van der Waals surface area contributed by atoms with Crippen LogP contribution in [-0.2, 0) is 11.3 Å². The Morgan fingerprint density at radius 3 is 2.83 bits per heavy atom. The van der Waals surface area contributed by atoms with Crippen LogP contribution in [0, 0.1) is 5.92 Å². The molecule has 1 rings (SSSR count). The second-order valence-electron chi connectivity index (χ2n) is 3.85. The van der Waals surface area contributed by atoms with Crippen LogP contribution in [0.15, 0.2) is 18.3 Å². The van der Waals surface area contributed by atoms with Crippen LogP contribution in [0.3, 0.4) is 0 Å². The number of hydrogen-bond acceptors (Lipinski definition) is 4. The molecule has 0 bridgehead atoms. The quantitative estimate of drug-likeness (QED) is 0.679. The maximum absolute atomic E-state index is 11.3. The van der Waals surface area contributed by atoms with Crippen LogP contribution >= 0.6 is 0 Å². The average Bonchev–Trinajstić information content (AvgIpc) is 2.37.